The number of aromatic nitrogens is 2. The first-order valence-electron chi connectivity index (χ1n) is 7.45. The van der Waals surface area contributed by atoms with Crippen LogP contribution >= 0.6 is 11.3 Å². The number of carbonyl (C=O) groups excluding carboxylic acids is 1. The molecule has 3 aromatic rings. The first kappa shape index (κ1) is 15.4. The van der Waals surface area contributed by atoms with E-state index in [1.165, 1.54) is 5.56 Å². The third kappa shape index (κ3) is 3.84. The van der Waals surface area contributed by atoms with Crippen molar-refractivity contribution in [1.82, 2.24) is 14.8 Å². The van der Waals surface area contributed by atoms with Crippen molar-refractivity contribution in [2.75, 3.05) is 0 Å². The number of amides is 1. The zero-order chi connectivity index (χ0) is 16.2. The Morgan fingerprint density at radius 3 is 2.87 bits per heavy atom. The lowest BCUT2D eigenvalue weighted by molar-refractivity contribution is -0.120. The van der Waals surface area contributed by atoms with Crippen molar-refractivity contribution in [2.45, 2.75) is 26.2 Å². The Labute approximate surface area is 138 Å². The van der Waals surface area contributed by atoms with Gasteiger partial charge < -0.3 is 0 Å². The number of thiazole rings is 1. The number of nitrogens with zero attached hydrogens (tertiary/aromatic N) is 3. The van der Waals surface area contributed by atoms with Crippen molar-refractivity contribution in [3.8, 4) is 0 Å². The third-order valence-electron chi connectivity index (χ3n) is 3.49. The van der Waals surface area contributed by atoms with Crippen LogP contribution in [0.3, 0.4) is 0 Å². The fourth-order valence-corrected chi connectivity index (χ4v) is 2.93. The summed E-state index contributed by atoms with van der Waals surface area (Å²) in [6.07, 6.45) is 5.65. The molecule has 6 heteroatoms. The predicted octanol–water partition coefficient (Wildman–Crippen LogP) is 3.21. The molecule has 0 aliphatic heterocycles. The van der Waals surface area contributed by atoms with Gasteiger partial charge in [0.05, 0.1) is 18.3 Å². The maximum atomic E-state index is 11.9. The van der Waals surface area contributed by atoms with Crippen molar-refractivity contribution < 1.29 is 4.79 Å². The van der Waals surface area contributed by atoms with Crippen molar-refractivity contribution >= 4 is 28.4 Å². The van der Waals surface area contributed by atoms with Crippen LogP contribution in [0.1, 0.15) is 36.6 Å². The number of imidazole rings is 1. The summed E-state index contributed by atoms with van der Waals surface area (Å²) < 4.78 is 1.91. The molecule has 0 fully saturated rings. The Morgan fingerprint density at radius 2 is 2.17 bits per heavy atom. The molecule has 1 aromatic carbocycles. The standard InChI is InChI=1S/C17H18N4OS/c1-12(2)14-5-3-13(4-6-14)10-18-20-16(22)9-15-11-21-7-8-23-17(21)19-15/h3-8,10-12H,9H2,1-2H3,(H,20,22)/b18-10+. The van der Waals surface area contributed by atoms with Crippen molar-refractivity contribution in [3.63, 3.8) is 0 Å². The highest BCUT2D eigenvalue weighted by molar-refractivity contribution is 7.15. The van der Waals surface area contributed by atoms with Gasteiger partial charge in [0, 0.05) is 17.8 Å². The summed E-state index contributed by atoms with van der Waals surface area (Å²) in [4.78, 5) is 17.1. The van der Waals surface area contributed by atoms with Gasteiger partial charge in [-0.2, -0.15) is 5.10 Å². The molecule has 0 aliphatic carbocycles. The Morgan fingerprint density at radius 1 is 1.39 bits per heavy atom. The molecule has 0 radical (unpaired) electrons. The van der Waals surface area contributed by atoms with Gasteiger partial charge in [-0.05, 0) is 17.0 Å². The minimum atomic E-state index is -0.175. The molecule has 1 amide bonds. The Bertz CT molecular complexity index is 801. The summed E-state index contributed by atoms with van der Waals surface area (Å²) in [6.45, 7) is 4.31. The smallest absolute Gasteiger partial charge is 0.246 e. The van der Waals surface area contributed by atoms with Crippen LogP contribution in [-0.2, 0) is 11.2 Å². The Kier molecular flexibility index (Phi) is 4.52. The first-order valence-corrected chi connectivity index (χ1v) is 8.33. The minimum absolute atomic E-state index is 0.175. The van der Waals surface area contributed by atoms with Gasteiger partial charge in [0.15, 0.2) is 4.96 Å². The van der Waals surface area contributed by atoms with Crippen LogP contribution in [0.15, 0.2) is 47.1 Å². The fourth-order valence-electron chi connectivity index (χ4n) is 2.21. The number of hydrogen-bond acceptors (Lipinski definition) is 4. The highest BCUT2D eigenvalue weighted by Crippen LogP contribution is 2.14. The highest BCUT2D eigenvalue weighted by Gasteiger charge is 2.07. The molecule has 0 saturated carbocycles. The van der Waals surface area contributed by atoms with Crippen LogP contribution in [-0.4, -0.2) is 21.5 Å². The highest BCUT2D eigenvalue weighted by atomic mass is 32.1. The van der Waals surface area contributed by atoms with Gasteiger partial charge in [-0.25, -0.2) is 10.4 Å². The van der Waals surface area contributed by atoms with Gasteiger partial charge in [0.2, 0.25) is 5.91 Å². The van der Waals surface area contributed by atoms with Crippen LogP contribution < -0.4 is 5.43 Å². The third-order valence-corrected chi connectivity index (χ3v) is 4.26. The summed E-state index contributed by atoms with van der Waals surface area (Å²) in [5, 5.41) is 5.96. The second-order valence-electron chi connectivity index (χ2n) is 5.62. The molecule has 5 nitrogen and oxygen atoms in total. The number of hydrogen-bond donors (Lipinski definition) is 1. The number of fused-ring (bicyclic) bond motifs is 1. The van der Waals surface area contributed by atoms with E-state index in [2.05, 4.69) is 41.5 Å². The zero-order valence-electron chi connectivity index (χ0n) is 13.1. The van der Waals surface area contributed by atoms with Gasteiger partial charge >= 0.3 is 0 Å². The van der Waals surface area contributed by atoms with E-state index in [-0.39, 0.29) is 12.3 Å². The quantitative estimate of drug-likeness (QED) is 0.578. The van der Waals surface area contributed by atoms with Crippen LogP contribution in [0.5, 0.6) is 0 Å². The average molecular weight is 326 g/mol. The summed E-state index contributed by atoms with van der Waals surface area (Å²) in [6, 6.07) is 8.14. The van der Waals surface area contributed by atoms with E-state index in [1.54, 1.807) is 17.6 Å². The Balaban J connectivity index is 1.54. The molecule has 0 aliphatic rings. The van der Waals surface area contributed by atoms with E-state index >= 15 is 0 Å². The van der Waals surface area contributed by atoms with Gasteiger partial charge in [-0.3, -0.25) is 9.20 Å². The largest absolute Gasteiger partial charge is 0.297 e. The number of benzene rings is 1. The second-order valence-corrected chi connectivity index (χ2v) is 6.49. The molecule has 0 saturated heterocycles. The fraction of sp³-hybridized carbons (Fsp3) is 0.235. The maximum Gasteiger partial charge on any atom is 0.246 e. The van der Waals surface area contributed by atoms with E-state index in [1.807, 2.05) is 34.3 Å². The summed E-state index contributed by atoms with van der Waals surface area (Å²) in [7, 11) is 0. The SMILES string of the molecule is CC(C)c1ccc(/C=N/NC(=O)Cc2cn3ccsc3n2)cc1. The van der Waals surface area contributed by atoms with Crippen LogP contribution in [0, 0.1) is 0 Å². The molecule has 23 heavy (non-hydrogen) atoms. The number of hydrazone groups is 1. The summed E-state index contributed by atoms with van der Waals surface area (Å²) >= 11 is 1.54. The molecule has 2 heterocycles. The van der Waals surface area contributed by atoms with Crippen LogP contribution in [0.2, 0.25) is 0 Å². The van der Waals surface area contributed by atoms with E-state index in [0.29, 0.717) is 5.92 Å². The van der Waals surface area contributed by atoms with Gasteiger partial charge in [-0.1, -0.05) is 38.1 Å². The molecule has 0 spiro atoms. The molecule has 1 N–H and O–H groups in total. The van der Waals surface area contributed by atoms with Crippen molar-refractivity contribution in [2.24, 2.45) is 5.10 Å². The van der Waals surface area contributed by atoms with Crippen molar-refractivity contribution in [1.29, 1.82) is 0 Å². The lowest BCUT2D eigenvalue weighted by Crippen LogP contribution is -2.19. The monoisotopic (exact) mass is 326 g/mol. The lowest BCUT2D eigenvalue weighted by Gasteiger charge is -2.04. The molecular weight excluding hydrogens is 308 g/mol. The van der Waals surface area contributed by atoms with Gasteiger partial charge in [0.25, 0.3) is 0 Å². The van der Waals surface area contributed by atoms with Crippen molar-refractivity contribution in [3.05, 3.63) is 58.9 Å². The van der Waals surface area contributed by atoms with E-state index in [4.69, 9.17) is 0 Å². The van der Waals surface area contributed by atoms with Crippen LogP contribution in [0.25, 0.3) is 4.96 Å². The minimum Gasteiger partial charge on any atom is -0.297 e. The molecule has 0 atom stereocenters. The molecular formula is C17H18N4OS. The molecule has 0 bridgehead atoms. The topological polar surface area (TPSA) is 58.8 Å². The van der Waals surface area contributed by atoms with E-state index in [9.17, 15) is 4.79 Å². The van der Waals surface area contributed by atoms with E-state index in [0.717, 1.165) is 16.2 Å². The lowest BCUT2D eigenvalue weighted by atomic mass is 10.0. The second kappa shape index (κ2) is 6.75. The molecule has 3 rings (SSSR count). The molecule has 0 unspecified atom stereocenters. The normalized spacial score (nSPS) is 11.6. The summed E-state index contributed by atoms with van der Waals surface area (Å²) in [5.41, 5.74) is 5.52. The van der Waals surface area contributed by atoms with Gasteiger partial charge in [0.1, 0.15) is 0 Å². The number of rotatable bonds is 5. The summed E-state index contributed by atoms with van der Waals surface area (Å²) in [5.74, 6) is 0.330. The Hall–Kier alpha value is -2.47. The molecule has 2 aromatic heterocycles. The average Bonchev–Trinajstić information content (AvgIpc) is 3.09. The first-order chi connectivity index (χ1) is 11.1. The van der Waals surface area contributed by atoms with Crippen LogP contribution in [0.4, 0.5) is 0 Å². The van der Waals surface area contributed by atoms with Gasteiger partial charge in [-0.15, -0.1) is 11.3 Å². The predicted molar refractivity (Wildman–Crippen MR) is 93.0 cm³/mol. The molecule has 118 valence electrons. The maximum absolute atomic E-state index is 11.9. The van der Waals surface area contributed by atoms with E-state index < -0.39 is 0 Å². The number of nitrogens with one attached hydrogen (secondary N) is 1. The zero-order valence-corrected chi connectivity index (χ0v) is 13.9. The number of carbonyl (C=O) groups is 1.